The van der Waals surface area contributed by atoms with E-state index in [0.717, 1.165) is 25.4 Å². The van der Waals surface area contributed by atoms with E-state index >= 15 is 0 Å². The monoisotopic (exact) mass is 193 g/mol. The first-order chi connectivity index (χ1) is 5.91. The molecule has 0 aliphatic heterocycles. The largest absolute Gasteiger partial charge is 0.382 e. The van der Waals surface area contributed by atoms with Crippen molar-refractivity contribution in [2.24, 2.45) is 0 Å². The minimum Gasteiger partial charge on any atom is -0.382 e. The van der Waals surface area contributed by atoms with Gasteiger partial charge in [-0.05, 0) is 6.26 Å². The third-order valence-corrected chi connectivity index (χ3v) is 1.95. The molecular weight excluding hydrogens is 174 g/mol. The molecule has 0 saturated carbocycles. The van der Waals surface area contributed by atoms with Crippen molar-refractivity contribution in [1.29, 1.82) is 0 Å². The zero-order chi connectivity index (χ0) is 9.07. The minimum atomic E-state index is 0.685. The van der Waals surface area contributed by atoms with Gasteiger partial charge in [0.1, 0.15) is 0 Å². The summed E-state index contributed by atoms with van der Waals surface area (Å²) in [6, 6.07) is 0. The summed E-state index contributed by atoms with van der Waals surface area (Å²) in [5, 5.41) is 3.28. The summed E-state index contributed by atoms with van der Waals surface area (Å²) in [5.41, 5.74) is 0. The number of methoxy groups -OCH3 is 1. The zero-order valence-corrected chi connectivity index (χ0v) is 8.78. The van der Waals surface area contributed by atoms with Crippen LogP contribution in [0, 0.1) is 0 Å². The van der Waals surface area contributed by atoms with E-state index in [4.69, 9.17) is 9.47 Å². The Balaban J connectivity index is 2.73. The zero-order valence-electron chi connectivity index (χ0n) is 7.97. The number of hydrogen-bond donors (Lipinski definition) is 1. The van der Waals surface area contributed by atoms with Gasteiger partial charge in [-0.2, -0.15) is 11.8 Å². The molecule has 0 rings (SSSR count). The Labute approximate surface area is 79.2 Å². The van der Waals surface area contributed by atoms with Crippen LogP contribution >= 0.6 is 11.8 Å². The van der Waals surface area contributed by atoms with Crippen molar-refractivity contribution in [3.05, 3.63) is 0 Å². The van der Waals surface area contributed by atoms with Gasteiger partial charge >= 0.3 is 0 Å². The van der Waals surface area contributed by atoms with Crippen LogP contribution in [0.1, 0.15) is 0 Å². The molecule has 74 valence electrons. The molecule has 0 unspecified atom stereocenters. The van der Waals surface area contributed by atoms with Gasteiger partial charge in [-0.1, -0.05) is 0 Å². The summed E-state index contributed by atoms with van der Waals surface area (Å²) in [6.07, 6.45) is 2.11. The third-order valence-electron chi connectivity index (χ3n) is 1.34. The van der Waals surface area contributed by atoms with Crippen LogP contribution in [0.5, 0.6) is 0 Å². The molecule has 0 aliphatic rings. The Morgan fingerprint density at radius 1 is 1.17 bits per heavy atom. The van der Waals surface area contributed by atoms with Gasteiger partial charge in [0.25, 0.3) is 0 Å². The van der Waals surface area contributed by atoms with Gasteiger partial charge in [0, 0.05) is 26.0 Å². The number of hydrogen-bond acceptors (Lipinski definition) is 4. The lowest BCUT2D eigenvalue weighted by molar-refractivity contribution is 0.0722. The van der Waals surface area contributed by atoms with E-state index in [0.29, 0.717) is 13.2 Å². The molecular formula is C8H19NO2S. The molecule has 0 aliphatic carbocycles. The quantitative estimate of drug-likeness (QED) is 0.543. The average molecular weight is 193 g/mol. The molecule has 0 aromatic heterocycles. The Morgan fingerprint density at radius 2 is 2.00 bits per heavy atom. The standard InChI is InChI=1S/C8H19NO2S/c1-10-6-7-11-5-3-9-4-8-12-2/h9H,3-8H2,1-2H3. The van der Waals surface area contributed by atoms with Gasteiger partial charge in [0.15, 0.2) is 0 Å². The summed E-state index contributed by atoms with van der Waals surface area (Å²) >= 11 is 1.85. The van der Waals surface area contributed by atoms with Crippen molar-refractivity contribution in [2.75, 3.05) is 52.0 Å². The number of ether oxygens (including phenoxy) is 2. The first-order valence-electron chi connectivity index (χ1n) is 4.18. The Kier molecular flexibility index (Phi) is 11.4. The molecule has 3 nitrogen and oxygen atoms in total. The molecule has 0 radical (unpaired) electrons. The van der Waals surface area contributed by atoms with Gasteiger partial charge in [-0.15, -0.1) is 0 Å². The van der Waals surface area contributed by atoms with E-state index in [1.54, 1.807) is 7.11 Å². The van der Waals surface area contributed by atoms with Crippen LogP contribution < -0.4 is 5.32 Å². The summed E-state index contributed by atoms with van der Waals surface area (Å²) in [5.74, 6) is 1.16. The molecule has 1 N–H and O–H groups in total. The Hall–Kier alpha value is 0.230. The van der Waals surface area contributed by atoms with Gasteiger partial charge in [-0.3, -0.25) is 0 Å². The first kappa shape index (κ1) is 12.2. The fourth-order valence-corrected chi connectivity index (χ4v) is 1.04. The summed E-state index contributed by atoms with van der Waals surface area (Å²) in [7, 11) is 1.68. The molecule has 12 heavy (non-hydrogen) atoms. The maximum absolute atomic E-state index is 5.26. The van der Waals surface area contributed by atoms with E-state index in [1.165, 1.54) is 0 Å². The second-order valence-electron chi connectivity index (χ2n) is 2.35. The fourth-order valence-electron chi connectivity index (χ4n) is 0.688. The van der Waals surface area contributed by atoms with Crippen molar-refractivity contribution in [2.45, 2.75) is 0 Å². The second-order valence-corrected chi connectivity index (χ2v) is 3.33. The lowest BCUT2D eigenvalue weighted by Crippen LogP contribution is -2.22. The van der Waals surface area contributed by atoms with E-state index in [9.17, 15) is 0 Å². The maximum Gasteiger partial charge on any atom is 0.0700 e. The van der Waals surface area contributed by atoms with Crippen LogP contribution in [0.4, 0.5) is 0 Å². The molecule has 4 heteroatoms. The smallest absolute Gasteiger partial charge is 0.0700 e. The van der Waals surface area contributed by atoms with Gasteiger partial charge in [0.2, 0.25) is 0 Å². The predicted molar refractivity (Wildman–Crippen MR) is 53.9 cm³/mol. The van der Waals surface area contributed by atoms with Crippen molar-refractivity contribution in [3.63, 3.8) is 0 Å². The third kappa shape index (κ3) is 10.2. The van der Waals surface area contributed by atoms with Crippen LogP contribution in [0.2, 0.25) is 0 Å². The normalized spacial score (nSPS) is 10.5. The topological polar surface area (TPSA) is 30.5 Å². The lowest BCUT2D eigenvalue weighted by atomic mass is 10.6. The van der Waals surface area contributed by atoms with E-state index < -0.39 is 0 Å². The van der Waals surface area contributed by atoms with Gasteiger partial charge in [0.05, 0.1) is 19.8 Å². The van der Waals surface area contributed by atoms with Crippen LogP contribution in [0.25, 0.3) is 0 Å². The highest BCUT2D eigenvalue weighted by molar-refractivity contribution is 7.98. The molecule has 0 aromatic rings. The summed E-state index contributed by atoms with van der Waals surface area (Å²) in [4.78, 5) is 0. The number of thioether (sulfide) groups is 1. The Bertz CT molecular complexity index is 73.5. The molecule has 0 saturated heterocycles. The summed E-state index contributed by atoms with van der Waals surface area (Å²) < 4.78 is 10.1. The second kappa shape index (κ2) is 11.2. The lowest BCUT2D eigenvalue weighted by Gasteiger charge is -2.04. The molecule has 0 aromatic carbocycles. The Morgan fingerprint density at radius 3 is 2.67 bits per heavy atom. The highest BCUT2D eigenvalue weighted by Crippen LogP contribution is 1.86. The van der Waals surface area contributed by atoms with E-state index in [1.807, 2.05) is 11.8 Å². The van der Waals surface area contributed by atoms with Crippen LogP contribution in [-0.2, 0) is 9.47 Å². The molecule has 0 atom stereocenters. The van der Waals surface area contributed by atoms with Crippen LogP contribution in [-0.4, -0.2) is 52.0 Å². The average Bonchev–Trinajstić information content (AvgIpc) is 2.10. The van der Waals surface area contributed by atoms with Crippen molar-refractivity contribution >= 4 is 11.8 Å². The fraction of sp³-hybridized carbons (Fsp3) is 1.00. The molecule has 0 spiro atoms. The van der Waals surface area contributed by atoms with Crippen LogP contribution in [0.15, 0.2) is 0 Å². The highest BCUT2D eigenvalue weighted by atomic mass is 32.2. The van der Waals surface area contributed by atoms with E-state index in [2.05, 4.69) is 11.6 Å². The number of rotatable bonds is 9. The molecule has 0 fully saturated rings. The molecule has 0 bridgehead atoms. The van der Waals surface area contributed by atoms with Gasteiger partial charge < -0.3 is 14.8 Å². The highest BCUT2D eigenvalue weighted by Gasteiger charge is 1.87. The number of nitrogens with one attached hydrogen (secondary N) is 1. The first-order valence-corrected chi connectivity index (χ1v) is 5.57. The SMILES string of the molecule is COCCOCCNCCSC. The molecule has 0 heterocycles. The van der Waals surface area contributed by atoms with Crippen LogP contribution in [0.3, 0.4) is 0 Å². The minimum absolute atomic E-state index is 0.685. The van der Waals surface area contributed by atoms with Crippen molar-refractivity contribution < 1.29 is 9.47 Å². The summed E-state index contributed by atoms with van der Waals surface area (Å²) in [6.45, 7) is 4.16. The maximum atomic E-state index is 5.26. The van der Waals surface area contributed by atoms with Gasteiger partial charge in [-0.25, -0.2) is 0 Å². The predicted octanol–water partition coefficient (Wildman–Crippen LogP) is 0.602. The van der Waals surface area contributed by atoms with E-state index in [-0.39, 0.29) is 0 Å². The molecule has 0 amide bonds. The van der Waals surface area contributed by atoms with Crippen molar-refractivity contribution in [3.8, 4) is 0 Å². The van der Waals surface area contributed by atoms with Crippen molar-refractivity contribution in [1.82, 2.24) is 5.32 Å².